The minimum absolute atomic E-state index is 0.0476. The van der Waals surface area contributed by atoms with Crippen LogP contribution in [0, 0.1) is 0 Å². The van der Waals surface area contributed by atoms with Crippen LogP contribution in [0.15, 0.2) is 23.1 Å². The third kappa shape index (κ3) is 4.07. The van der Waals surface area contributed by atoms with Crippen molar-refractivity contribution in [2.24, 2.45) is 0 Å². The highest BCUT2D eigenvalue weighted by Crippen LogP contribution is 2.32. The molecule has 144 valence electrons. The number of nitrogens with zero attached hydrogens (tertiary/aromatic N) is 2. The second-order valence-electron chi connectivity index (χ2n) is 7.50. The Labute approximate surface area is 161 Å². The van der Waals surface area contributed by atoms with E-state index in [0.29, 0.717) is 18.7 Å². The minimum atomic E-state index is -3.69. The summed E-state index contributed by atoms with van der Waals surface area (Å²) in [5, 5.41) is 0.174. The lowest BCUT2D eigenvalue weighted by molar-refractivity contribution is 0.0690. The van der Waals surface area contributed by atoms with Crippen molar-refractivity contribution in [2.45, 2.75) is 69.4 Å². The maximum Gasteiger partial charge on any atom is 0.254 e. The van der Waals surface area contributed by atoms with Crippen molar-refractivity contribution in [2.75, 3.05) is 13.1 Å². The standard InChI is InChI=1S/C19H27ClN2O3S/c1-14(2)22(16-8-9-16)19(23)15-7-10-17(20)18(13-15)26(24,25)21-11-5-3-4-6-12-21/h7,10,13-14,16H,3-6,8-9,11-12H2,1-2H3. The molecular formula is C19H27ClN2O3S. The first-order chi connectivity index (χ1) is 12.3. The van der Waals surface area contributed by atoms with Gasteiger partial charge in [0.15, 0.2) is 0 Å². The molecule has 1 amide bonds. The Bertz CT molecular complexity index is 765. The number of carbonyl (C=O) groups excluding carboxylic acids is 1. The first-order valence-corrected chi connectivity index (χ1v) is 11.3. The van der Waals surface area contributed by atoms with Gasteiger partial charge in [0.1, 0.15) is 4.90 Å². The van der Waals surface area contributed by atoms with Gasteiger partial charge in [-0.05, 0) is 57.7 Å². The molecule has 0 radical (unpaired) electrons. The summed E-state index contributed by atoms with van der Waals surface area (Å²) in [6, 6.07) is 4.97. The summed E-state index contributed by atoms with van der Waals surface area (Å²) in [5.74, 6) is -0.119. The first-order valence-electron chi connectivity index (χ1n) is 9.44. The number of rotatable bonds is 5. The lowest BCUT2D eigenvalue weighted by Crippen LogP contribution is -2.39. The molecule has 1 aromatic carbocycles. The molecule has 26 heavy (non-hydrogen) atoms. The van der Waals surface area contributed by atoms with Gasteiger partial charge in [-0.2, -0.15) is 4.31 Å². The maximum atomic E-state index is 13.1. The number of halogens is 1. The van der Waals surface area contributed by atoms with Crippen molar-refractivity contribution in [1.29, 1.82) is 0 Å². The van der Waals surface area contributed by atoms with E-state index in [1.165, 1.54) is 16.4 Å². The molecule has 1 aromatic rings. The van der Waals surface area contributed by atoms with Crippen molar-refractivity contribution in [3.05, 3.63) is 28.8 Å². The summed E-state index contributed by atoms with van der Waals surface area (Å²) in [7, 11) is -3.69. The predicted molar refractivity (Wildman–Crippen MR) is 103 cm³/mol. The molecule has 0 unspecified atom stereocenters. The molecule has 1 heterocycles. The van der Waals surface area contributed by atoms with Gasteiger partial charge in [-0.15, -0.1) is 0 Å². The van der Waals surface area contributed by atoms with Gasteiger partial charge in [0.2, 0.25) is 10.0 Å². The number of benzene rings is 1. The Morgan fingerprint density at radius 2 is 1.77 bits per heavy atom. The van der Waals surface area contributed by atoms with E-state index in [0.717, 1.165) is 38.5 Å². The highest BCUT2D eigenvalue weighted by atomic mass is 35.5. The lowest BCUT2D eigenvalue weighted by Gasteiger charge is -2.27. The zero-order valence-corrected chi connectivity index (χ0v) is 17.0. The van der Waals surface area contributed by atoms with E-state index >= 15 is 0 Å². The van der Waals surface area contributed by atoms with E-state index in [-0.39, 0.29) is 27.9 Å². The molecule has 1 aliphatic heterocycles. The molecule has 2 aliphatic rings. The Balaban J connectivity index is 1.93. The Morgan fingerprint density at radius 1 is 1.15 bits per heavy atom. The van der Waals surface area contributed by atoms with Crippen molar-refractivity contribution in [3.63, 3.8) is 0 Å². The van der Waals surface area contributed by atoms with Gasteiger partial charge in [0.25, 0.3) is 5.91 Å². The van der Waals surface area contributed by atoms with Crippen LogP contribution < -0.4 is 0 Å². The van der Waals surface area contributed by atoms with Crippen LogP contribution in [0.2, 0.25) is 5.02 Å². The normalized spacial score (nSPS) is 19.4. The molecule has 1 aliphatic carbocycles. The number of amides is 1. The number of carbonyl (C=O) groups is 1. The van der Waals surface area contributed by atoms with E-state index in [1.54, 1.807) is 6.07 Å². The van der Waals surface area contributed by atoms with E-state index in [4.69, 9.17) is 11.6 Å². The fraction of sp³-hybridized carbons (Fsp3) is 0.632. The van der Waals surface area contributed by atoms with Crippen LogP contribution in [-0.4, -0.2) is 48.7 Å². The maximum absolute atomic E-state index is 13.1. The molecule has 3 rings (SSSR count). The van der Waals surface area contributed by atoms with Crippen LogP contribution in [-0.2, 0) is 10.0 Å². The summed E-state index contributed by atoms with van der Waals surface area (Å²) in [5.41, 5.74) is 0.392. The van der Waals surface area contributed by atoms with E-state index in [9.17, 15) is 13.2 Å². The van der Waals surface area contributed by atoms with Gasteiger partial charge < -0.3 is 4.90 Å². The molecular weight excluding hydrogens is 372 g/mol. The smallest absolute Gasteiger partial charge is 0.254 e. The van der Waals surface area contributed by atoms with Gasteiger partial charge in [0.05, 0.1) is 5.02 Å². The van der Waals surface area contributed by atoms with Crippen molar-refractivity contribution >= 4 is 27.5 Å². The fourth-order valence-corrected chi connectivity index (χ4v) is 5.60. The van der Waals surface area contributed by atoms with Crippen molar-refractivity contribution in [3.8, 4) is 0 Å². The number of sulfonamides is 1. The van der Waals surface area contributed by atoms with Crippen LogP contribution in [0.3, 0.4) is 0 Å². The Kier molecular flexibility index (Phi) is 5.94. The number of hydrogen-bond donors (Lipinski definition) is 0. The molecule has 7 heteroatoms. The number of hydrogen-bond acceptors (Lipinski definition) is 3. The molecule has 5 nitrogen and oxygen atoms in total. The van der Waals surface area contributed by atoms with E-state index < -0.39 is 10.0 Å². The molecule has 0 N–H and O–H groups in total. The highest BCUT2D eigenvalue weighted by Gasteiger charge is 2.35. The van der Waals surface area contributed by atoms with Gasteiger partial charge >= 0.3 is 0 Å². The molecule has 1 saturated carbocycles. The summed E-state index contributed by atoms with van der Waals surface area (Å²) in [6.45, 7) is 5.00. The Hall–Kier alpha value is -1.11. The van der Waals surface area contributed by atoms with Crippen LogP contribution in [0.25, 0.3) is 0 Å². The van der Waals surface area contributed by atoms with Gasteiger partial charge in [-0.3, -0.25) is 4.79 Å². The summed E-state index contributed by atoms with van der Waals surface area (Å²) in [4.78, 5) is 14.9. The average molecular weight is 399 g/mol. The van der Waals surface area contributed by atoms with Crippen LogP contribution in [0.1, 0.15) is 62.7 Å². The second kappa shape index (κ2) is 7.87. The molecule has 0 aromatic heterocycles. The minimum Gasteiger partial charge on any atom is -0.333 e. The lowest BCUT2D eigenvalue weighted by atomic mass is 10.1. The summed E-state index contributed by atoms with van der Waals surface area (Å²) < 4.78 is 27.7. The molecule has 2 fully saturated rings. The highest BCUT2D eigenvalue weighted by molar-refractivity contribution is 7.89. The molecule has 0 atom stereocenters. The third-order valence-corrected chi connectivity index (χ3v) is 7.47. The van der Waals surface area contributed by atoms with E-state index in [2.05, 4.69) is 0 Å². The fourth-order valence-electron chi connectivity index (χ4n) is 3.58. The predicted octanol–water partition coefficient (Wildman–Crippen LogP) is 3.92. The van der Waals surface area contributed by atoms with Crippen molar-refractivity contribution < 1.29 is 13.2 Å². The molecule has 0 bridgehead atoms. The van der Waals surface area contributed by atoms with Crippen LogP contribution >= 0.6 is 11.6 Å². The van der Waals surface area contributed by atoms with Gasteiger partial charge in [0, 0.05) is 30.7 Å². The zero-order valence-electron chi connectivity index (χ0n) is 15.4. The SMILES string of the molecule is CC(C)N(C(=O)c1ccc(Cl)c(S(=O)(=O)N2CCCCCC2)c1)C1CC1. The van der Waals surface area contributed by atoms with Gasteiger partial charge in [-0.25, -0.2) is 8.42 Å². The molecule has 1 saturated heterocycles. The first kappa shape index (κ1) is 19.6. The largest absolute Gasteiger partial charge is 0.333 e. The van der Waals surface area contributed by atoms with Crippen LogP contribution in [0.5, 0.6) is 0 Å². The summed E-state index contributed by atoms with van der Waals surface area (Å²) in [6.07, 6.45) is 5.83. The van der Waals surface area contributed by atoms with E-state index in [1.807, 2.05) is 18.7 Å². The van der Waals surface area contributed by atoms with Crippen molar-refractivity contribution in [1.82, 2.24) is 9.21 Å². The molecule has 0 spiro atoms. The zero-order chi connectivity index (χ0) is 18.9. The summed E-state index contributed by atoms with van der Waals surface area (Å²) >= 11 is 6.23. The third-order valence-electron chi connectivity index (χ3n) is 5.09. The topological polar surface area (TPSA) is 57.7 Å². The van der Waals surface area contributed by atoms with Crippen LogP contribution in [0.4, 0.5) is 0 Å². The Morgan fingerprint density at radius 3 is 2.31 bits per heavy atom. The second-order valence-corrected chi connectivity index (χ2v) is 9.81. The van der Waals surface area contributed by atoms with Gasteiger partial charge in [-0.1, -0.05) is 24.4 Å². The monoisotopic (exact) mass is 398 g/mol. The average Bonchev–Trinajstić information content (AvgIpc) is 3.41. The quantitative estimate of drug-likeness (QED) is 0.755.